The molecule has 3 N–H and O–H groups in total. The molecule has 0 saturated carbocycles. The lowest BCUT2D eigenvalue weighted by atomic mass is 10.2. The molecule has 112 valence electrons. The highest BCUT2D eigenvalue weighted by Gasteiger charge is 1.99. The number of nitrogens with zero attached hydrogens (tertiary/aromatic N) is 7. The van der Waals surface area contributed by atoms with Crippen molar-refractivity contribution < 1.29 is 15.3 Å². The summed E-state index contributed by atoms with van der Waals surface area (Å²) in [5, 5.41) is 49.6. The number of rotatable bonds is 4. The van der Waals surface area contributed by atoms with Gasteiger partial charge in [0.1, 0.15) is 0 Å². The highest BCUT2D eigenvalue weighted by Crippen LogP contribution is 2.08. The number of aromatic nitrogens is 3. The second kappa shape index (κ2) is 9.86. The van der Waals surface area contributed by atoms with Gasteiger partial charge in [-0.2, -0.15) is 20.8 Å². The smallest absolute Gasteiger partial charge is 0.323 e. The van der Waals surface area contributed by atoms with E-state index >= 15 is 0 Å². The maximum Gasteiger partial charge on any atom is 0.323 e. The van der Waals surface area contributed by atoms with Crippen molar-refractivity contribution in [3.05, 3.63) is 0 Å². The van der Waals surface area contributed by atoms with Crippen LogP contribution in [0.4, 0.5) is 0 Å². The molecule has 0 bridgehead atoms. The van der Waals surface area contributed by atoms with Crippen molar-refractivity contribution in [2.24, 2.45) is 22.1 Å². The lowest BCUT2D eigenvalue weighted by Gasteiger charge is -1.95. The van der Waals surface area contributed by atoms with E-state index in [0.717, 1.165) is 0 Å². The maximum atomic E-state index is 8.41. The van der Waals surface area contributed by atoms with Crippen LogP contribution >= 0.6 is 0 Å². The minimum absolute atomic E-state index is 0.0915. The molecule has 1 rings (SSSR count). The summed E-state index contributed by atoms with van der Waals surface area (Å²) in [6, 6.07) is 1.97. The molecule has 1 aromatic rings. The van der Waals surface area contributed by atoms with E-state index < -0.39 is 18.0 Å². The molecule has 21 heavy (non-hydrogen) atoms. The van der Waals surface area contributed by atoms with Crippen molar-refractivity contribution in [1.82, 2.24) is 15.0 Å². The van der Waals surface area contributed by atoms with Gasteiger partial charge < -0.3 is 15.3 Å². The normalized spacial score (nSPS) is 12.6. The van der Waals surface area contributed by atoms with Gasteiger partial charge in [0.05, 0.1) is 37.1 Å². The molecule has 0 fully saturated rings. The van der Waals surface area contributed by atoms with Crippen LogP contribution in [0.2, 0.25) is 0 Å². The van der Waals surface area contributed by atoms with Crippen LogP contribution in [0.25, 0.3) is 0 Å². The van der Waals surface area contributed by atoms with Gasteiger partial charge in [0, 0.05) is 0 Å². The number of aromatic hydroxyl groups is 3. The molecule has 10 heteroatoms. The third-order valence-electron chi connectivity index (χ3n) is 1.85. The molecule has 1 aromatic heterocycles. The van der Waals surface area contributed by atoms with Gasteiger partial charge in [-0.15, -0.1) is 15.0 Å². The first kappa shape index (κ1) is 18.0. The summed E-state index contributed by atoms with van der Waals surface area (Å²) >= 11 is 0. The Bertz CT molecular complexity index is 475. The van der Waals surface area contributed by atoms with Gasteiger partial charge in [0.15, 0.2) is 0 Å². The lowest BCUT2D eigenvalue weighted by Crippen LogP contribution is -1.96. The Morgan fingerprint density at radius 2 is 1.14 bits per heavy atom. The van der Waals surface area contributed by atoms with E-state index in [-0.39, 0.29) is 11.8 Å². The topological polar surface area (TPSA) is 172 Å². The summed E-state index contributed by atoms with van der Waals surface area (Å²) in [6.07, 6.45) is 0. The van der Waals surface area contributed by atoms with Gasteiger partial charge in [0.2, 0.25) is 0 Å². The van der Waals surface area contributed by atoms with Crippen LogP contribution in [0, 0.1) is 34.5 Å². The molecule has 0 radical (unpaired) electrons. The second-order valence-corrected chi connectivity index (χ2v) is 3.94. The Hall–Kier alpha value is -3.01. The van der Waals surface area contributed by atoms with E-state index in [1.807, 2.05) is 12.1 Å². The first-order valence-corrected chi connectivity index (χ1v) is 5.84. The van der Waals surface area contributed by atoms with Gasteiger partial charge in [-0.3, -0.25) is 0 Å². The zero-order chi connectivity index (χ0) is 16.3. The molecule has 2 unspecified atom stereocenters. The predicted octanol–water partition coefficient (Wildman–Crippen LogP) is 0.746. The van der Waals surface area contributed by atoms with Crippen LogP contribution in [-0.2, 0) is 0 Å². The molecular weight excluding hydrogens is 278 g/mol. The summed E-state index contributed by atoms with van der Waals surface area (Å²) in [6.45, 7) is 4.42. The zero-order valence-electron chi connectivity index (χ0n) is 11.5. The van der Waals surface area contributed by atoms with Crippen molar-refractivity contribution in [3.63, 3.8) is 0 Å². The SMILES string of the molecule is CC(C#N)CN=NCC(C)C#N.Oc1nc(O)nc(O)n1. The summed E-state index contributed by atoms with van der Waals surface area (Å²) < 4.78 is 0. The van der Waals surface area contributed by atoms with Crippen LogP contribution in [0.1, 0.15) is 13.8 Å². The summed E-state index contributed by atoms with van der Waals surface area (Å²) in [5.74, 6) is -0.183. The van der Waals surface area contributed by atoms with E-state index in [1.54, 1.807) is 13.8 Å². The van der Waals surface area contributed by atoms with E-state index in [1.165, 1.54) is 0 Å². The Morgan fingerprint density at radius 3 is 1.38 bits per heavy atom. The minimum Gasteiger partial charge on any atom is -0.479 e. The molecule has 0 aromatic carbocycles. The molecule has 0 aliphatic rings. The van der Waals surface area contributed by atoms with E-state index in [4.69, 9.17) is 25.8 Å². The van der Waals surface area contributed by atoms with E-state index in [0.29, 0.717) is 13.1 Å². The van der Waals surface area contributed by atoms with Crippen LogP contribution in [-0.4, -0.2) is 43.4 Å². The number of azo groups is 1. The quantitative estimate of drug-likeness (QED) is 0.682. The van der Waals surface area contributed by atoms with Gasteiger partial charge in [-0.05, 0) is 13.8 Å². The van der Waals surface area contributed by atoms with Crippen molar-refractivity contribution in [3.8, 4) is 30.2 Å². The third kappa shape index (κ3) is 9.55. The first-order chi connectivity index (χ1) is 9.88. The van der Waals surface area contributed by atoms with Crippen molar-refractivity contribution in [2.45, 2.75) is 13.8 Å². The number of hydrogen-bond donors (Lipinski definition) is 3. The molecular formula is C11H15N7O3. The van der Waals surface area contributed by atoms with Crippen LogP contribution in [0.3, 0.4) is 0 Å². The molecule has 0 amide bonds. The Kier molecular flexibility index (Phi) is 8.45. The minimum atomic E-state index is -0.708. The monoisotopic (exact) mass is 293 g/mol. The molecule has 0 aliphatic carbocycles. The standard InChI is InChI=1S/C8H12N4.C3H3N3O3/c1-7(3-9)5-11-12-6-8(2)4-10;7-1-4-2(8)6-3(9)5-1/h7-8H,5-6H2,1-2H3;(H3,4,5,6,7,8,9). The molecule has 10 nitrogen and oxygen atoms in total. The Morgan fingerprint density at radius 1 is 0.857 bits per heavy atom. The largest absolute Gasteiger partial charge is 0.479 e. The van der Waals surface area contributed by atoms with Crippen molar-refractivity contribution in [1.29, 1.82) is 10.5 Å². The van der Waals surface area contributed by atoms with Crippen LogP contribution in [0.15, 0.2) is 10.2 Å². The van der Waals surface area contributed by atoms with E-state index in [9.17, 15) is 0 Å². The molecule has 2 atom stereocenters. The number of hydrogen-bond acceptors (Lipinski definition) is 10. The highest BCUT2D eigenvalue weighted by molar-refractivity contribution is 5.04. The fourth-order valence-corrected chi connectivity index (χ4v) is 0.785. The summed E-state index contributed by atoms with van der Waals surface area (Å²) in [4.78, 5) is 8.89. The highest BCUT2D eigenvalue weighted by atomic mass is 16.3. The summed E-state index contributed by atoms with van der Waals surface area (Å²) in [7, 11) is 0. The van der Waals surface area contributed by atoms with Gasteiger partial charge in [0.25, 0.3) is 0 Å². The number of nitriles is 2. The first-order valence-electron chi connectivity index (χ1n) is 5.84. The molecule has 0 spiro atoms. The van der Waals surface area contributed by atoms with Crippen molar-refractivity contribution in [2.75, 3.05) is 13.1 Å². The third-order valence-corrected chi connectivity index (χ3v) is 1.85. The average Bonchev–Trinajstić information content (AvgIpc) is 2.42. The van der Waals surface area contributed by atoms with Crippen LogP contribution in [0.5, 0.6) is 18.0 Å². The Balaban J connectivity index is 0.000000394. The van der Waals surface area contributed by atoms with Gasteiger partial charge in [-0.1, -0.05) is 0 Å². The van der Waals surface area contributed by atoms with Gasteiger partial charge >= 0.3 is 18.0 Å². The maximum absolute atomic E-state index is 8.41. The Labute approximate surface area is 121 Å². The fraction of sp³-hybridized carbons (Fsp3) is 0.545. The average molecular weight is 293 g/mol. The van der Waals surface area contributed by atoms with Gasteiger partial charge in [-0.25, -0.2) is 0 Å². The lowest BCUT2D eigenvalue weighted by molar-refractivity contribution is 0.344. The van der Waals surface area contributed by atoms with Crippen molar-refractivity contribution >= 4 is 0 Å². The fourth-order valence-electron chi connectivity index (χ4n) is 0.785. The molecule has 0 saturated heterocycles. The second-order valence-electron chi connectivity index (χ2n) is 3.94. The zero-order valence-corrected chi connectivity index (χ0v) is 11.5. The molecule has 0 aliphatic heterocycles. The predicted molar refractivity (Wildman–Crippen MR) is 69.0 cm³/mol. The van der Waals surface area contributed by atoms with E-state index in [2.05, 4.69) is 25.2 Å². The van der Waals surface area contributed by atoms with Crippen LogP contribution < -0.4 is 0 Å². The molecule has 1 heterocycles. The summed E-state index contributed by atoms with van der Waals surface area (Å²) in [5.41, 5.74) is 0.